The van der Waals surface area contributed by atoms with Crippen molar-refractivity contribution in [3.05, 3.63) is 0 Å². The van der Waals surface area contributed by atoms with Crippen LogP contribution in [-0.2, 0) is 14.4 Å². The van der Waals surface area contributed by atoms with Crippen LogP contribution in [0.15, 0.2) is 0 Å². The molecule has 0 aromatic carbocycles. The van der Waals surface area contributed by atoms with Crippen molar-refractivity contribution in [3.8, 4) is 0 Å². The fourth-order valence-electron chi connectivity index (χ4n) is 1.11. The number of amides is 3. The standard InChI is InChI=1S/C7H7F3N2O3.2C2H6/c1-12-4(13)2-3(5(12)14)11-6(15)7(8,9)10;2*1-2/h3H,2H2,1H3,(H,11,15);2*1-2H3. The summed E-state index contributed by atoms with van der Waals surface area (Å²) in [5.74, 6) is -3.67. The Balaban J connectivity index is 0. The highest BCUT2D eigenvalue weighted by molar-refractivity contribution is 6.06. The molecule has 19 heavy (non-hydrogen) atoms. The molecule has 0 saturated carbocycles. The number of alkyl halides is 3. The quantitative estimate of drug-likeness (QED) is 0.742. The summed E-state index contributed by atoms with van der Waals surface area (Å²) in [6.45, 7) is 8.00. The Morgan fingerprint density at radius 3 is 1.89 bits per heavy atom. The summed E-state index contributed by atoms with van der Waals surface area (Å²) in [6, 6.07) is -1.41. The molecule has 1 aliphatic heterocycles. The first-order valence-corrected chi connectivity index (χ1v) is 5.91. The number of carbonyl (C=O) groups excluding carboxylic acids is 3. The van der Waals surface area contributed by atoms with Gasteiger partial charge in [0.2, 0.25) is 5.91 Å². The fraction of sp³-hybridized carbons (Fsp3) is 0.727. The van der Waals surface area contributed by atoms with E-state index in [-0.39, 0.29) is 0 Å². The maximum Gasteiger partial charge on any atom is 0.471 e. The van der Waals surface area contributed by atoms with Gasteiger partial charge in [-0.3, -0.25) is 19.3 Å². The second-order valence-electron chi connectivity index (χ2n) is 3.02. The van der Waals surface area contributed by atoms with Crippen LogP contribution in [0.4, 0.5) is 13.2 Å². The van der Waals surface area contributed by atoms with Crippen LogP contribution < -0.4 is 5.32 Å². The van der Waals surface area contributed by atoms with Gasteiger partial charge in [0.1, 0.15) is 6.04 Å². The SMILES string of the molecule is CC.CC.CN1C(=O)CC(NC(=O)C(F)(F)F)C1=O. The number of hydrogen-bond acceptors (Lipinski definition) is 3. The summed E-state index contributed by atoms with van der Waals surface area (Å²) in [6.07, 6.45) is -5.48. The molecule has 0 bridgehead atoms. The van der Waals surface area contributed by atoms with Gasteiger partial charge < -0.3 is 5.32 Å². The number of rotatable bonds is 1. The van der Waals surface area contributed by atoms with Crippen LogP contribution >= 0.6 is 0 Å². The van der Waals surface area contributed by atoms with Crippen molar-refractivity contribution in [2.24, 2.45) is 0 Å². The summed E-state index contributed by atoms with van der Waals surface area (Å²) in [7, 11) is 1.14. The third-order valence-electron chi connectivity index (χ3n) is 1.94. The zero-order valence-corrected chi connectivity index (χ0v) is 11.6. The molecule has 0 spiro atoms. The molecule has 1 fully saturated rings. The largest absolute Gasteiger partial charge is 0.471 e. The van der Waals surface area contributed by atoms with Crippen molar-refractivity contribution in [2.45, 2.75) is 46.3 Å². The van der Waals surface area contributed by atoms with Crippen LogP contribution in [0.2, 0.25) is 0 Å². The highest BCUT2D eigenvalue weighted by Crippen LogP contribution is 2.17. The number of nitrogens with one attached hydrogen (secondary N) is 1. The molecular formula is C11H19F3N2O3. The van der Waals surface area contributed by atoms with Gasteiger partial charge in [-0.05, 0) is 0 Å². The van der Waals surface area contributed by atoms with Gasteiger partial charge in [0.15, 0.2) is 0 Å². The first kappa shape index (κ1) is 19.7. The molecule has 8 heteroatoms. The minimum Gasteiger partial charge on any atom is -0.336 e. The Labute approximate surface area is 110 Å². The molecule has 112 valence electrons. The molecule has 3 amide bonds. The molecule has 1 saturated heterocycles. The molecule has 1 N–H and O–H groups in total. The van der Waals surface area contributed by atoms with Gasteiger partial charge in [-0.25, -0.2) is 0 Å². The van der Waals surface area contributed by atoms with E-state index in [0.717, 1.165) is 7.05 Å². The number of carbonyl (C=O) groups is 3. The van der Waals surface area contributed by atoms with Gasteiger partial charge in [-0.2, -0.15) is 13.2 Å². The lowest BCUT2D eigenvalue weighted by Gasteiger charge is -2.12. The van der Waals surface area contributed by atoms with Gasteiger partial charge >= 0.3 is 12.1 Å². The molecule has 5 nitrogen and oxygen atoms in total. The van der Waals surface area contributed by atoms with Crippen molar-refractivity contribution in [3.63, 3.8) is 0 Å². The van der Waals surface area contributed by atoms with Crippen LogP contribution in [-0.4, -0.2) is 41.9 Å². The predicted molar refractivity (Wildman–Crippen MR) is 63.1 cm³/mol. The van der Waals surface area contributed by atoms with Crippen molar-refractivity contribution in [1.82, 2.24) is 10.2 Å². The number of halogens is 3. The Bertz CT molecular complexity index is 330. The lowest BCUT2D eigenvalue weighted by molar-refractivity contribution is -0.174. The minimum absolute atomic E-state index is 0.433. The third-order valence-corrected chi connectivity index (χ3v) is 1.94. The van der Waals surface area contributed by atoms with Crippen LogP contribution in [0.1, 0.15) is 34.1 Å². The number of hydrogen-bond donors (Lipinski definition) is 1. The highest BCUT2D eigenvalue weighted by atomic mass is 19.4. The van der Waals surface area contributed by atoms with E-state index in [1.54, 1.807) is 0 Å². The molecule has 1 atom stereocenters. The first-order chi connectivity index (χ1) is 8.73. The van der Waals surface area contributed by atoms with Crippen molar-refractivity contribution in [2.75, 3.05) is 7.05 Å². The molecule has 0 aromatic rings. The summed E-state index contributed by atoms with van der Waals surface area (Å²) in [4.78, 5) is 33.1. The van der Waals surface area contributed by atoms with E-state index in [4.69, 9.17) is 0 Å². The molecule has 0 aromatic heterocycles. The van der Waals surface area contributed by atoms with Gasteiger partial charge in [0.05, 0.1) is 6.42 Å². The third kappa shape index (κ3) is 5.71. The summed E-state index contributed by atoms with van der Waals surface area (Å²) in [5, 5.41) is 1.45. The first-order valence-electron chi connectivity index (χ1n) is 5.91. The number of likely N-dealkylation sites (tertiary alicyclic amines) is 1. The van der Waals surface area contributed by atoms with Crippen LogP contribution in [0.3, 0.4) is 0 Å². The zero-order valence-electron chi connectivity index (χ0n) is 11.6. The zero-order chi connectivity index (χ0) is 15.8. The maximum absolute atomic E-state index is 11.8. The predicted octanol–water partition coefficient (Wildman–Crippen LogP) is 1.47. The Kier molecular flexibility index (Phi) is 8.82. The normalized spacial score (nSPS) is 18.1. The number of nitrogens with zero attached hydrogens (tertiary/aromatic N) is 1. The van der Waals surface area contributed by atoms with Crippen molar-refractivity contribution < 1.29 is 27.6 Å². The molecule has 0 aliphatic carbocycles. The van der Waals surface area contributed by atoms with Gasteiger partial charge in [-0.1, -0.05) is 27.7 Å². The lowest BCUT2D eigenvalue weighted by Crippen LogP contribution is -2.46. The highest BCUT2D eigenvalue weighted by Gasteiger charge is 2.44. The number of imide groups is 1. The maximum atomic E-state index is 11.8. The lowest BCUT2D eigenvalue weighted by atomic mass is 10.2. The van der Waals surface area contributed by atoms with E-state index in [1.165, 1.54) is 5.32 Å². The van der Waals surface area contributed by atoms with E-state index in [0.29, 0.717) is 4.90 Å². The Hall–Kier alpha value is -1.60. The van der Waals surface area contributed by atoms with Gasteiger partial charge in [0, 0.05) is 7.05 Å². The minimum atomic E-state index is -5.05. The number of likely N-dealkylation sites (N-methyl/N-ethyl adjacent to an activating group) is 1. The Morgan fingerprint density at radius 1 is 1.21 bits per heavy atom. The monoisotopic (exact) mass is 284 g/mol. The second kappa shape index (κ2) is 8.49. The van der Waals surface area contributed by atoms with E-state index in [2.05, 4.69) is 0 Å². The smallest absolute Gasteiger partial charge is 0.336 e. The topological polar surface area (TPSA) is 66.5 Å². The van der Waals surface area contributed by atoms with Crippen molar-refractivity contribution in [1.29, 1.82) is 0 Å². The molecule has 0 radical (unpaired) electrons. The molecule has 1 rings (SSSR count). The van der Waals surface area contributed by atoms with E-state index >= 15 is 0 Å². The second-order valence-corrected chi connectivity index (χ2v) is 3.02. The fourth-order valence-corrected chi connectivity index (χ4v) is 1.11. The van der Waals surface area contributed by atoms with Crippen LogP contribution in [0.5, 0.6) is 0 Å². The molecule has 1 aliphatic rings. The van der Waals surface area contributed by atoms with Crippen LogP contribution in [0.25, 0.3) is 0 Å². The van der Waals surface area contributed by atoms with Crippen LogP contribution in [0, 0.1) is 0 Å². The van der Waals surface area contributed by atoms with Gasteiger partial charge in [0.25, 0.3) is 5.91 Å². The summed E-state index contributed by atoms with van der Waals surface area (Å²) in [5.41, 5.74) is 0. The summed E-state index contributed by atoms with van der Waals surface area (Å²) >= 11 is 0. The molecular weight excluding hydrogens is 265 g/mol. The molecule has 1 unspecified atom stereocenters. The average Bonchev–Trinajstić information content (AvgIpc) is 2.61. The van der Waals surface area contributed by atoms with Crippen molar-refractivity contribution >= 4 is 17.7 Å². The molecule has 1 heterocycles. The average molecular weight is 284 g/mol. The van der Waals surface area contributed by atoms with E-state index in [9.17, 15) is 27.6 Å². The van der Waals surface area contributed by atoms with Gasteiger partial charge in [-0.15, -0.1) is 0 Å². The van der Waals surface area contributed by atoms with E-state index in [1.807, 2.05) is 27.7 Å². The Morgan fingerprint density at radius 2 is 1.63 bits per heavy atom. The summed E-state index contributed by atoms with van der Waals surface area (Å²) < 4.78 is 35.4. The van der Waals surface area contributed by atoms with E-state index < -0.39 is 36.4 Å².